The number of aryl methyl sites for hydroxylation is 1. The first-order chi connectivity index (χ1) is 11.7. The summed E-state index contributed by atoms with van der Waals surface area (Å²) in [6.45, 7) is 4.79. The Bertz CT molecular complexity index is 819. The second-order valence-electron chi connectivity index (χ2n) is 5.33. The van der Waals surface area contributed by atoms with Crippen LogP contribution in [-0.4, -0.2) is 21.5 Å². The summed E-state index contributed by atoms with van der Waals surface area (Å²) >= 11 is 0. The summed E-state index contributed by atoms with van der Waals surface area (Å²) in [6.07, 6.45) is 3.24. The minimum Gasteiger partial charge on any atom is -0.393 e. The van der Waals surface area contributed by atoms with Gasteiger partial charge in [0, 0.05) is 18.4 Å². The Labute approximate surface area is 141 Å². The summed E-state index contributed by atoms with van der Waals surface area (Å²) in [6, 6.07) is 13.9. The van der Waals surface area contributed by atoms with E-state index in [4.69, 9.17) is 5.73 Å². The molecule has 3 rings (SSSR count). The van der Waals surface area contributed by atoms with E-state index in [-0.39, 0.29) is 0 Å². The van der Waals surface area contributed by atoms with Crippen LogP contribution in [0, 0.1) is 6.92 Å². The van der Waals surface area contributed by atoms with Gasteiger partial charge >= 0.3 is 0 Å². The second kappa shape index (κ2) is 6.95. The van der Waals surface area contributed by atoms with Gasteiger partial charge in [0.05, 0.1) is 0 Å². The van der Waals surface area contributed by atoms with Crippen LogP contribution in [0.4, 0.5) is 28.8 Å². The first-order valence-electron chi connectivity index (χ1n) is 7.82. The van der Waals surface area contributed by atoms with Gasteiger partial charge < -0.3 is 16.0 Å². The molecule has 0 fully saturated rings. The molecule has 0 saturated carbocycles. The predicted molar refractivity (Wildman–Crippen MR) is 97.8 cm³/mol. The topological polar surface area (TPSA) is 80.0 Å². The fourth-order valence-corrected chi connectivity index (χ4v) is 2.49. The Balaban J connectivity index is 1.97. The zero-order chi connectivity index (χ0) is 16.9. The SMILES string of the molecule is CCN(c1ccccc1)c1ncnc(Nc2ncccc2C)c1N. The van der Waals surface area contributed by atoms with Gasteiger partial charge in [0.25, 0.3) is 0 Å². The lowest BCUT2D eigenvalue weighted by molar-refractivity contribution is 0.980. The third-order valence-electron chi connectivity index (χ3n) is 3.75. The smallest absolute Gasteiger partial charge is 0.161 e. The van der Waals surface area contributed by atoms with E-state index in [0.29, 0.717) is 17.3 Å². The quantitative estimate of drug-likeness (QED) is 0.747. The zero-order valence-corrected chi connectivity index (χ0v) is 13.8. The van der Waals surface area contributed by atoms with Crippen molar-refractivity contribution < 1.29 is 0 Å². The van der Waals surface area contributed by atoms with Crippen molar-refractivity contribution in [2.24, 2.45) is 0 Å². The molecule has 1 aromatic carbocycles. The van der Waals surface area contributed by atoms with Crippen LogP contribution >= 0.6 is 0 Å². The Kier molecular flexibility index (Phi) is 4.56. The molecule has 0 atom stereocenters. The van der Waals surface area contributed by atoms with E-state index in [1.54, 1.807) is 6.20 Å². The number of benzene rings is 1. The van der Waals surface area contributed by atoms with Crippen molar-refractivity contribution in [3.05, 3.63) is 60.6 Å². The van der Waals surface area contributed by atoms with E-state index < -0.39 is 0 Å². The number of hydrogen-bond donors (Lipinski definition) is 2. The van der Waals surface area contributed by atoms with Crippen molar-refractivity contribution in [2.45, 2.75) is 13.8 Å². The maximum absolute atomic E-state index is 6.34. The summed E-state index contributed by atoms with van der Waals surface area (Å²) in [5.41, 5.74) is 8.89. The van der Waals surface area contributed by atoms with Crippen molar-refractivity contribution in [2.75, 3.05) is 22.5 Å². The van der Waals surface area contributed by atoms with Gasteiger partial charge in [0.2, 0.25) is 0 Å². The molecule has 0 aliphatic carbocycles. The molecule has 0 aliphatic heterocycles. The lowest BCUT2D eigenvalue weighted by Crippen LogP contribution is -2.19. The van der Waals surface area contributed by atoms with Gasteiger partial charge in [0.1, 0.15) is 17.8 Å². The first kappa shape index (κ1) is 15.7. The highest BCUT2D eigenvalue weighted by molar-refractivity contribution is 5.81. The Morgan fingerprint density at radius 2 is 1.79 bits per heavy atom. The van der Waals surface area contributed by atoms with Gasteiger partial charge in [-0.05, 0) is 37.6 Å². The minimum atomic E-state index is 0.494. The molecule has 24 heavy (non-hydrogen) atoms. The van der Waals surface area contributed by atoms with Crippen LogP contribution in [0.1, 0.15) is 12.5 Å². The lowest BCUT2D eigenvalue weighted by Gasteiger charge is -2.24. The van der Waals surface area contributed by atoms with Crippen molar-refractivity contribution in [3.8, 4) is 0 Å². The molecule has 6 nitrogen and oxygen atoms in total. The third-order valence-corrected chi connectivity index (χ3v) is 3.75. The van der Waals surface area contributed by atoms with Gasteiger partial charge in [-0.25, -0.2) is 15.0 Å². The molecule has 0 aliphatic rings. The fraction of sp³-hybridized carbons (Fsp3) is 0.167. The summed E-state index contributed by atoms with van der Waals surface area (Å²) in [7, 11) is 0. The minimum absolute atomic E-state index is 0.494. The first-order valence-corrected chi connectivity index (χ1v) is 7.82. The van der Waals surface area contributed by atoms with Gasteiger partial charge in [-0.2, -0.15) is 0 Å². The number of anilines is 5. The highest BCUT2D eigenvalue weighted by Crippen LogP contribution is 2.32. The zero-order valence-electron chi connectivity index (χ0n) is 13.8. The van der Waals surface area contributed by atoms with E-state index in [9.17, 15) is 0 Å². The van der Waals surface area contributed by atoms with Crippen molar-refractivity contribution in [3.63, 3.8) is 0 Å². The van der Waals surface area contributed by atoms with E-state index >= 15 is 0 Å². The number of hydrogen-bond acceptors (Lipinski definition) is 6. The molecule has 0 unspecified atom stereocenters. The summed E-state index contributed by atoms with van der Waals surface area (Å²) in [5.74, 6) is 1.96. The average Bonchev–Trinajstić information content (AvgIpc) is 2.61. The average molecular weight is 320 g/mol. The molecule has 0 amide bonds. The van der Waals surface area contributed by atoms with E-state index in [2.05, 4.69) is 27.2 Å². The molecule has 0 saturated heterocycles. The molecular formula is C18H20N6. The summed E-state index contributed by atoms with van der Waals surface area (Å²) < 4.78 is 0. The van der Waals surface area contributed by atoms with Crippen LogP contribution in [0.15, 0.2) is 55.0 Å². The normalized spacial score (nSPS) is 10.4. The number of para-hydroxylation sites is 1. The maximum Gasteiger partial charge on any atom is 0.161 e. The fourth-order valence-electron chi connectivity index (χ4n) is 2.49. The van der Waals surface area contributed by atoms with Crippen molar-refractivity contribution in [1.82, 2.24) is 15.0 Å². The van der Waals surface area contributed by atoms with Gasteiger partial charge in [-0.3, -0.25) is 0 Å². The molecule has 3 N–H and O–H groups in total. The number of nitrogens with zero attached hydrogens (tertiary/aromatic N) is 4. The number of rotatable bonds is 5. The Morgan fingerprint density at radius 3 is 2.50 bits per heavy atom. The molecule has 122 valence electrons. The van der Waals surface area contributed by atoms with E-state index in [0.717, 1.165) is 23.6 Å². The Morgan fingerprint density at radius 1 is 1.00 bits per heavy atom. The van der Waals surface area contributed by atoms with Crippen LogP contribution < -0.4 is 16.0 Å². The standard InChI is InChI=1S/C18H20N6/c1-3-24(14-9-5-4-6-10-14)18-15(19)17(21-12-22-18)23-16-13(2)8-7-11-20-16/h4-12H,3,19H2,1-2H3,(H,20,21,22,23). The van der Waals surface area contributed by atoms with Crippen molar-refractivity contribution in [1.29, 1.82) is 0 Å². The number of pyridine rings is 1. The van der Waals surface area contributed by atoms with E-state index in [1.165, 1.54) is 6.33 Å². The van der Waals surface area contributed by atoms with Crippen molar-refractivity contribution >= 4 is 28.8 Å². The highest BCUT2D eigenvalue weighted by Gasteiger charge is 2.16. The maximum atomic E-state index is 6.34. The second-order valence-corrected chi connectivity index (χ2v) is 5.33. The van der Waals surface area contributed by atoms with E-state index in [1.807, 2.05) is 54.3 Å². The lowest BCUT2D eigenvalue weighted by atomic mass is 10.2. The monoisotopic (exact) mass is 320 g/mol. The van der Waals surface area contributed by atoms with Crippen LogP contribution in [-0.2, 0) is 0 Å². The van der Waals surface area contributed by atoms with Gasteiger partial charge in [-0.1, -0.05) is 24.3 Å². The molecule has 0 radical (unpaired) electrons. The largest absolute Gasteiger partial charge is 0.393 e. The van der Waals surface area contributed by atoms with Crippen LogP contribution in [0.3, 0.4) is 0 Å². The number of nitrogens with two attached hydrogens (primary N) is 1. The molecule has 6 heteroatoms. The van der Waals surface area contributed by atoms with Crippen LogP contribution in [0.5, 0.6) is 0 Å². The number of nitrogen functional groups attached to an aromatic ring is 1. The molecule has 0 spiro atoms. The molecule has 2 aromatic heterocycles. The highest BCUT2D eigenvalue weighted by atomic mass is 15.2. The summed E-state index contributed by atoms with van der Waals surface area (Å²) in [5, 5.41) is 3.20. The number of aromatic nitrogens is 3. The number of nitrogens with one attached hydrogen (secondary N) is 1. The molecule has 0 bridgehead atoms. The molecule has 3 aromatic rings. The predicted octanol–water partition coefficient (Wildman–Crippen LogP) is 3.66. The molecule has 2 heterocycles. The molecular weight excluding hydrogens is 300 g/mol. The van der Waals surface area contributed by atoms with Crippen LogP contribution in [0.2, 0.25) is 0 Å². The Hall–Kier alpha value is -3.15. The van der Waals surface area contributed by atoms with Gasteiger partial charge in [0.15, 0.2) is 11.6 Å². The third kappa shape index (κ3) is 3.12. The summed E-state index contributed by atoms with van der Waals surface area (Å²) in [4.78, 5) is 15.0. The van der Waals surface area contributed by atoms with Gasteiger partial charge in [-0.15, -0.1) is 0 Å². The van der Waals surface area contributed by atoms with Crippen LogP contribution in [0.25, 0.3) is 0 Å².